The predicted molar refractivity (Wildman–Crippen MR) is 71.0 cm³/mol. The second-order valence-electron chi connectivity index (χ2n) is 3.96. The summed E-state index contributed by atoms with van der Waals surface area (Å²) in [5.41, 5.74) is 1.61. The SMILES string of the molecule is O=C/C=C(/c1ccc(O)cc1)c1ccc(O)cc1O. The first-order valence-corrected chi connectivity index (χ1v) is 5.59. The van der Waals surface area contributed by atoms with Gasteiger partial charge in [0.2, 0.25) is 0 Å². The number of benzene rings is 2. The molecule has 0 aromatic heterocycles. The van der Waals surface area contributed by atoms with Crippen LogP contribution in [-0.4, -0.2) is 21.6 Å². The largest absolute Gasteiger partial charge is 0.508 e. The maximum Gasteiger partial charge on any atom is 0.143 e. The van der Waals surface area contributed by atoms with Crippen LogP contribution in [0.1, 0.15) is 11.1 Å². The Morgan fingerprint density at radius 2 is 1.53 bits per heavy atom. The van der Waals surface area contributed by atoms with E-state index in [4.69, 9.17) is 0 Å². The lowest BCUT2D eigenvalue weighted by Crippen LogP contribution is -1.89. The van der Waals surface area contributed by atoms with Gasteiger partial charge in [-0.15, -0.1) is 0 Å². The lowest BCUT2D eigenvalue weighted by molar-refractivity contribution is -0.104. The van der Waals surface area contributed by atoms with Gasteiger partial charge in [0.05, 0.1) is 0 Å². The first-order chi connectivity index (χ1) is 9.11. The number of aromatic hydroxyl groups is 3. The van der Waals surface area contributed by atoms with Gasteiger partial charge in [-0.1, -0.05) is 12.1 Å². The summed E-state index contributed by atoms with van der Waals surface area (Å²) in [6, 6.07) is 10.4. The molecule has 4 heteroatoms. The Bertz CT molecular complexity index is 627. The summed E-state index contributed by atoms with van der Waals surface area (Å²) in [6.45, 7) is 0. The monoisotopic (exact) mass is 256 g/mol. The number of phenolic OH excluding ortho intramolecular Hbond substituents is 3. The van der Waals surface area contributed by atoms with E-state index in [9.17, 15) is 20.1 Å². The zero-order valence-electron chi connectivity index (χ0n) is 9.95. The fourth-order valence-corrected chi connectivity index (χ4v) is 1.80. The zero-order chi connectivity index (χ0) is 13.8. The van der Waals surface area contributed by atoms with Crippen molar-refractivity contribution in [2.45, 2.75) is 0 Å². The summed E-state index contributed by atoms with van der Waals surface area (Å²) < 4.78 is 0. The van der Waals surface area contributed by atoms with Crippen LogP contribution in [0.15, 0.2) is 48.5 Å². The Labute approximate surface area is 109 Å². The molecule has 4 nitrogen and oxygen atoms in total. The van der Waals surface area contributed by atoms with E-state index in [0.29, 0.717) is 23.0 Å². The van der Waals surface area contributed by atoms with Gasteiger partial charge in [0, 0.05) is 11.6 Å². The molecule has 0 spiro atoms. The minimum atomic E-state index is -0.124. The molecule has 0 atom stereocenters. The number of hydrogen-bond donors (Lipinski definition) is 3. The van der Waals surface area contributed by atoms with Gasteiger partial charge in [-0.2, -0.15) is 0 Å². The Morgan fingerprint density at radius 1 is 0.895 bits per heavy atom. The third kappa shape index (κ3) is 2.74. The van der Waals surface area contributed by atoms with E-state index in [-0.39, 0.29) is 17.2 Å². The van der Waals surface area contributed by atoms with Crippen molar-refractivity contribution in [1.29, 1.82) is 0 Å². The molecular formula is C15H12O4. The van der Waals surface area contributed by atoms with Crippen LogP contribution in [0.3, 0.4) is 0 Å². The van der Waals surface area contributed by atoms with Crippen LogP contribution in [-0.2, 0) is 4.79 Å². The van der Waals surface area contributed by atoms with Crippen molar-refractivity contribution in [3.8, 4) is 17.2 Å². The summed E-state index contributed by atoms with van der Waals surface area (Å²) in [6.07, 6.45) is 1.94. The minimum absolute atomic E-state index is 0.0580. The van der Waals surface area contributed by atoms with Crippen LogP contribution in [0.4, 0.5) is 0 Å². The molecule has 0 amide bonds. The van der Waals surface area contributed by atoms with Gasteiger partial charge >= 0.3 is 0 Å². The van der Waals surface area contributed by atoms with Gasteiger partial charge < -0.3 is 15.3 Å². The fourth-order valence-electron chi connectivity index (χ4n) is 1.80. The Morgan fingerprint density at radius 3 is 2.11 bits per heavy atom. The van der Waals surface area contributed by atoms with E-state index < -0.39 is 0 Å². The third-order valence-corrected chi connectivity index (χ3v) is 2.68. The highest BCUT2D eigenvalue weighted by molar-refractivity contribution is 5.91. The van der Waals surface area contributed by atoms with Gasteiger partial charge in [-0.3, -0.25) is 4.79 Å². The van der Waals surface area contributed by atoms with Crippen molar-refractivity contribution in [2.75, 3.05) is 0 Å². The van der Waals surface area contributed by atoms with Gasteiger partial charge in [-0.25, -0.2) is 0 Å². The predicted octanol–water partition coefficient (Wildman–Crippen LogP) is 2.43. The van der Waals surface area contributed by atoms with Crippen molar-refractivity contribution in [1.82, 2.24) is 0 Å². The summed E-state index contributed by atoms with van der Waals surface area (Å²) in [5.74, 6) is -0.0669. The number of aldehydes is 1. The van der Waals surface area contributed by atoms with E-state index >= 15 is 0 Å². The second kappa shape index (κ2) is 5.27. The van der Waals surface area contributed by atoms with Crippen molar-refractivity contribution in [3.63, 3.8) is 0 Å². The van der Waals surface area contributed by atoms with Crippen molar-refractivity contribution in [2.24, 2.45) is 0 Å². The lowest BCUT2D eigenvalue weighted by atomic mass is 9.96. The number of hydrogen-bond acceptors (Lipinski definition) is 4. The van der Waals surface area contributed by atoms with Gasteiger partial charge in [0.25, 0.3) is 0 Å². The summed E-state index contributed by atoms with van der Waals surface area (Å²) in [4.78, 5) is 10.8. The molecule has 2 rings (SSSR count). The molecule has 0 bridgehead atoms. The summed E-state index contributed by atoms with van der Waals surface area (Å²) >= 11 is 0. The van der Waals surface area contributed by atoms with E-state index in [1.54, 1.807) is 12.1 Å². The second-order valence-corrected chi connectivity index (χ2v) is 3.96. The molecule has 0 aliphatic rings. The number of rotatable bonds is 3. The summed E-state index contributed by atoms with van der Waals surface area (Å²) in [5, 5.41) is 28.4. The molecule has 2 aromatic rings. The van der Waals surface area contributed by atoms with Crippen LogP contribution in [0.25, 0.3) is 5.57 Å². The average Bonchev–Trinajstić information content (AvgIpc) is 2.38. The molecule has 0 heterocycles. The standard InChI is InChI=1S/C15H12O4/c16-8-7-13(10-1-3-11(17)4-2-10)14-6-5-12(18)9-15(14)19/h1-9,17-19H/b13-7-. The van der Waals surface area contributed by atoms with Crippen LogP contribution >= 0.6 is 0 Å². The van der Waals surface area contributed by atoms with E-state index in [2.05, 4.69) is 0 Å². The molecule has 0 aliphatic heterocycles. The van der Waals surface area contributed by atoms with Gasteiger partial charge in [0.15, 0.2) is 0 Å². The van der Waals surface area contributed by atoms with Crippen molar-refractivity contribution >= 4 is 11.9 Å². The Hall–Kier alpha value is -2.75. The first-order valence-electron chi connectivity index (χ1n) is 5.59. The number of carbonyl (C=O) groups is 1. The summed E-state index contributed by atoms with van der Waals surface area (Å²) in [7, 11) is 0. The van der Waals surface area contributed by atoms with E-state index in [1.807, 2.05) is 0 Å². The quantitative estimate of drug-likeness (QED) is 0.582. The van der Waals surface area contributed by atoms with Gasteiger partial charge in [-0.05, 0) is 41.5 Å². The Balaban J connectivity index is 2.55. The van der Waals surface area contributed by atoms with Crippen molar-refractivity contribution in [3.05, 3.63) is 59.7 Å². The molecule has 96 valence electrons. The van der Waals surface area contributed by atoms with Crippen LogP contribution in [0.5, 0.6) is 17.2 Å². The molecule has 0 saturated carbocycles. The molecule has 3 N–H and O–H groups in total. The average molecular weight is 256 g/mol. The number of allylic oxidation sites excluding steroid dienone is 1. The van der Waals surface area contributed by atoms with Crippen molar-refractivity contribution < 1.29 is 20.1 Å². The maximum atomic E-state index is 10.8. The van der Waals surface area contributed by atoms with Crippen LogP contribution < -0.4 is 0 Å². The fraction of sp³-hybridized carbons (Fsp3) is 0. The van der Waals surface area contributed by atoms with E-state index in [1.165, 1.54) is 36.4 Å². The molecule has 2 aromatic carbocycles. The van der Waals surface area contributed by atoms with E-state index in [0.717, 1.165) is 0 Å². The molecule has 0 fully saturated rings. The highest BCUT2D eigenvalue weighted by Gasteiger charge is 2.10. The normalized spacial score (nSPS) is 11.3. The smallest absolute Gasteiger partial charge is 0.143 e. The molecular weight excluding hydrogens is 244 g/mol. The molecule has 0 unspecified atom stereocenters. The third-order valence-electron chi connectivity index (χ3n) is 2.68. The topological polar surface area (TPSA) is 77.8 Å². The van der Waals surface area contributed by atoms with Gasteiger partial charge in [0.1, 0.15) is 23.5 Å². The number of phenols is 3. The zero-order valence-corrected chi connectivity index (χ0v) is 9.95. The molecule has 0 saturated heterocycles. The molecule has 19 heavy (non-hydrogen) atoms. The molecule has 0 aliphatic carbocycles. The van der Waals surface area contributed by atoms with Crippen LogP contribution in [0.2, 0.25) is 0 Å². The number of carbonyl (C=O) groups excluding carboxylic acids is 1. The highest BCUT2D eigenvalue weighted by atomic mass is 16.3. The minimum Gasteiger partial charge on any atom is -0.508 e. The first kappa shape index (κ1) is 12.7. The molecule has 0 radical (unpaired) electrons. The highest BCUT2D eigenvalue weighted by Crippen LogP contribution is 2.33. The van der Waals surface area contributed by atoms with Crippen LogP contribution in [0, 0.1) is 0 Å². The Kier molecular flexibility index (Phi) is 3.52. The maximum absolute atomic E-state index is 10.8. The lowest BCUT2D eigenvalue weighted by Gasteiger charge is -2.10.